The Kier molecular flexibility index (Phi) is 3.72. The van der Waals surface area contributed by atoms with Crippen molar-refractivity contribution in [3.63, 3.8) is 0 Å². The summed E-state index contributed by atoms with van der Waals surface area (Å²) in [7, 11) is 0. The molecule has 1 aromatic heterocycles. The summed E-state index contributed by atoms with van der Waals surface area (Å²) in [6.45, 7) is 0. The van der Waals surface area contributed by atoms with Crippen LogP contribution in [-0.2, 0) is 6.18 Å². The minimum absolute atomic E-state index is 0.227. The van der Waals surface area contributed by atoms with Crippen molar-refractivity contribution in [1.82, 2.24) is 4.98 Å². The van der Waals surface area contributed by atoms with Crippen LogP contribution in [0.3, 0.4) is 0 Å². The second-order valence-electron chi connectivity index (χ2n) is 3.11. The summed E-state index contributed by atoms with van der Waals surface area (Å²) in [5, 5.41) is 0. The van der Waals surface area contributed by atoms with Gasteiger partial charge in [0.05, 0.1) is 0 Å². The standard InChI is InChI=1S/C8H5BrF6N2/c9-4-2-17-5(7(10,11)12)1-3(4)6(16)8(13,14)15/h1-2,6H,16H2. The number of hydrogen-bond donors (Lipinski definition) is 1. The third-order valence-electron chi connectivity index (χ3n) is 1.86. The zero-order valence-electron chi connectivity index (χ0n) is 7.90. The lowest BCUT2D eigenvalue weighted by Crippen LogP contribution is -2.29. The predicted octanol–water partition coefficient (Wildman–Crippen LogP) is 3.43. The first-order valence-electron chi connectivity index (χ1n) is 4.08. The molecule has 0 fully saturated rings. The molecule has 17 heavy (non-hydrogen) atoms. The number of aromatic nitrogens is 1. The highest BCUT2D eigenvalue weighted by Gasteiger charge is 2.41. The molecule has 1 aromatic rings. The van der Waals surface area contributed by atoms with Crippen molar-refractivity contribution in [1.29, 1.82) is 0 Å². The fraction of sp³-hybridized carbons (Fsp3) is 0.375. The molecule has 96 valence electrons. The lowest BCUT2D eigenvalue weighted by atomic mass is 10.1. The van der Waals surface area contributed by atoms with Gasteiger partial charge in [-0.2, -0.15) is 26.3 Å². The molecule has 0 aromatic carbocycles. The van der Waals surface area contributed by atoms with Crippen LogP contribution in [0.4, 0.5) is 26.3 Å². The fourth-order valence-electron chi connectivity index (χ4n) is 1.02. The fourth-order valence-corrected chi connectivity index (χ4v) is 1.49. The molecular formula is C8H5BrF6N2. The Hall–Kier alpha value is -0.830. The third kappa shape index (κ3) is 3.32. The van der Waals surface area contributed by atoms with Crippen LogP contribution in [0.2, 0.25) is 0 Å². The molecule has 0 aliphatic carbocycles. The van der Waals surface area contributed by atoms with Gasteiger partial charge < -0.3 is 5.73 Å². The van der Waals surface area contributed by atoms with E-state index in [0.29, 0.717) is 6.20 Å². The van der Waals surface area contributed by atoms with E-state index in [1.54, 1.807) is 0 Å². The lowest BCUT2D eigenvalue weighted by Gasteiger charge is -2.18. The highest BCUT2D eigenvalue weighted by Crippen LogP contribution is 2.37. The van der Waals surface area contributed by atoms with Gasteiger partial charge in [-0.1, -0.05) is 0 Å². The average molecular weight is 323 g/mol. The smallest absolute Gasteiger partial charge is 0.316 e. The van der Waals surface area contributed by atoms with Crippen LogP contribution < -0.4 is 5.73 Å². The van der Waals surface area contributed by atoms with E-state index in [1.807, 2.05) is 0 Å². The van der Waals surface area contributed by atoms with Crippen molar-refractivity contribution < 1.29 is 26.3 Å². The molecule has 0 aliphatic heterocycles. The van der Waals surface area contributed by atoms with Gasteiger partial charge in [0, 0.05) is 10.7 Å². The van der Waals surface area contributed by atoms with E-state index in [-0.39, 0.29) is 10.5 Å². The summed E-state index contributed by atoms with van der Waals surface area (Å²) in [5.41, 5.74) is 2.71. The van der Waals surface area contributed by atoms with Gasteiger partial charge in [-0.15, -0.1) is 0 Å². The first-order valence-corrected chi connectivity index (χ1v) is 4.87. The van der Waals surface area contributed by atoms with Crippen LogP contribution in [0.5, 0.6) is 0 Å². The van der Waals surface area contributed by atoms with Crippen LogP contribution >= 0.6 is 15.9 Å². The van der Waals surface area contributed by atoms with Crippen LogP contribution in [0.25, 0.3) is 0 Å². The van der Waals surface area contributed by atoms with Gasteiger partial charge in [0.1, 0.15) is 11.7 Å². The van der Waals surface area contributed by atoms with E-state index in [4.69, 9.17) is 5.73 Å². The summed E-state index contributed by atoms with van der Waals surface area (Å²) in [4.78, 5) is 2.98. The van der Waals surface area contributed by atoms with Crippen molar-refractivity contribution in [2.24, 2.45) is 5.73 Å². The second-order valence-corrected chi connectivity index (χ2v) is 3.96. The molecule has 0 saturated carbocycles. The first-order chi connectivity index (χ1) is 7.53. The number of halogens is 7. The quantitative estimate of drug-likeness (QED) is 0.804. The second kappa shape index (κ2) is 4.45. The molecule has 0 radical (unpaired) electrons. The summed E-state index contributed by atoms with van der Waals surface area (Å²) >= 11 is 2.68. The first kappa shape index (κ1) is 14.2. The van der Waals surface area contributed by atoms with Gasteiger partial charge in [-0.05, 0) is 27.6 Å². The number of nitrogens with two attached hydrogens (primary N) is 1. The molecule has 2 N–H and O–H groups in total. The maximum Gasteiger partial charge on any atom is 0.433 e. The Morgan fingerprint density at radius 1 is 1.18 bits per heavy atom. The van der Waals surface area contributed by atoms with Crippen LogP contribution in [0, 0.1) is 0 Å². The summed E-state index contributed by atoms with van der Waals surface area (Å²) in [5.74, 6) is 0. The van der Waals surface area contributed by atoms with Crippen LogP contribution in [0.15, 0.2) is 16.7 Å². The number of alkyl halides is 6. The van der Waals surface area contributed by atoms with Gasteiger partial charge in [0.2, 0.25) is 0 Å². The monoisotopic (exact) mass is 322 g/mol. The van der Waals surface area contributed by atoms with Gasteiger partial charge in [0.15, 0.2) is 0 Å². The molecule has 0 spiro atoms. The Bertz CT molecular complexity index is 413. The highest BCUT2D eigenvalue weighted by atomic mass is 79.9. The van der Waals surface area contributed by atoms with Crippen LogP contribution in [-0.4, -0.2) is 11.2 Å². The molecule has 0 bridgehead atoms. The van der Waals surface area contributed by atoms with E-state index in [0.717, 1.165) is 0 Å². The molecule has 0 saturated heterocycles. The van der Waals surface area contributed by atoms with Gasteiger partial charge in [0.25, 0.3) is 0 Å². The predicted molar refractivity (Wildman–Crippen MR) is 49.9 cm³/mol. The molecule has 1 heterocycles. The Balaban J connectivity index is 3.25. The van der Waals surface area contributed by atoms with E-state index in [2.05, 4.69) is 20.9 Å². The Morgan fingerprint density at radius 3 is 2.12 bits per heavy atom. The average Bonchev–Trinajstić information content (AvgIpc) is 2.14. The number of rotatable bonds is 1. The molecule has 1 rings (SSSR count). The highest BCUT2D eigenvalue weighted by molar-refractivity contribution is 9.10. The SMILES string of the molecule is NC(c1cc(C(F)(F)F)ncc1Br)C(F)(F)F. The number of nitrogens with zero attached hydrogens (tertiary/aromatic N) is 1. The molecule has 2 nitrogen and oxygen atoms in total. The molecule has 0 amide bonds. The Morgan fingerprint density at radius 2 is 1.71 bits per heavy atom. The minimum Gasteiger partial charge on any atom is -0.316 e. The van der Waals surface area contributed by atoms with E-state index in [9.17, 15) is 26.3 Å². The molecule has 0 aliphatic rings. The van der Waals surface area contributed by atoms with Gasteiger partial charge >= 0.3 is 12.4 Å². The molecule has 9 heteroatoms. The maximum atomic E-state index is 12.3. The Labute approximate surface area is 99.9 Å². The zero-order valence-corrected chi connectivity index (χ0v) is 9.49. The van der Waals surface area contributed by atoms with Gasteiger partial charge in [-0.25, -0.2) is 0 Å². The minimum atomic E-state index is -4.83. The number of hydrogen-bond acceptors (Lipinski definition) is 2. The number of pyridine rings is 1. The van der Waals surface area contributed by atoms with Crippen molar-refractivity contribution >= 4 is 15.9 Å². The largest absolute Gasteiger partial charge is 0.433 e. The molecular weight excluding hydrogens is 318 g/mol. The van der Waals surface area contributed by atoms with E-state index < -0.39 is 29.7 Å². The molecule has 1 unspecified atom stereocenters. The third-order valence-corrected chi connectivity index (χ3v) is 2.53. The molecule has 1 atom stereocenters. The maximum absolute atomic E-state index is 12.3. The van der Waals surface area contributed by atoms with Crippen molar-refractivity contribution in [2.45, 2.75) is 18.4 Å². The summed E-state index contributed by atoms with van der Waals surface area (Å²) in [6.07, 6.45) is -9.00. The van der Waals surface area contributed by atoms with Crippen LogP contribution in [0.1, 0.15) is 17.3 Å². The van der Waals surface area contributed by atoms with E-state index in [1.165, 1.54) is 0 Å². The summed E-state index contributed by atoms with van der Waals surface area (Å²) < 4.78 is 73.4. The zero-order chi connectivity index (χ0) is 13.4. The van der Waals surface area contributed by atoms with Crippen molar-refractivity contribution in [3.05, 3.63) is 28.0 Å². The summed E-state index contributed by atoms with van der Waals surface area (Å²) in [6, 6.07) is -2.22. The normalized spacial score (nSPS) is 14.8. The topological polar surface area (TPSA) is 38.9 Å². The van der Waals surface area contributed by atoms with Crippen molar-refractivity contribution in [2.75, 3.05) is 0 Å². The van der Waals surface area contributed by atoms with E-state index >= 15 is 0 Å². The lowest BCUT2D eigenvalue weighted by molar-refractivity contribution is -0.151. The van der Waals surface area contributed by atoms with Crippen molar-refractivity contribution in [3.8, 4) is 0 Å². The van der Waals surface area contributed by atoms with Gasteiger partial charge in [-0.3, -0.25) is 4.98 Å².